The van der Waals surface area contributed by atoms with E-state index in [-0.39, 0.29) is 36.1 Å². The van der Waals surface area contributed by atoms with Crippen molar-refractivity contribution in [2.75, 3.05) is 6.54 Å². The summed E-state index contributed by atoms with van der Waals surface area (Å²) in [6, 6.07) is 3.36. The highest BCUT2D eigenvalue weighted by Crippen LogP contribution is 2.15. The molecule has 8 heteroatoms. The highest BCUT2D eigenvalue weighted by atomic mass is 127. The number of aromatic nitrogens is 1. The Bertz CT molecular complexity index is 712. The second-order valence-electron chi connectivity index (χ2n) is 5.52. The molecule has 0 aliphatic rings. The van der Waals surface area contributed by atoms with Crippen LogP contribution in [-0.4, -0.2) is 17.7 Å². The molecule has 0 bridgehead atoms. The number of hydrogen-bond donors (Lipinski definition) is 2. The first-order valence-corrected chi connectivity index (χ1v) is 8.51. The van der Waals surface area contributed by atoms with Crippen molar-refractivity contribution < 1.29 is 13.3 Å². The van der Waals surface area contributed by atoms with Crippen molar-refractivity contribution in [1.29, 1.82) is 0 Å². The van der Waals surface area contributed by atoms with Crippen molar-refractivity contribution in [3.63, 3.8) is 0 Å². The third-order valence-corrected chi connectivity index (χ3v) is 3.80. The minimum Gasteiger partial charge on any atom is -0.361 e. The highest BCUT2D eigenvalue weighted by molar-refractivity contribution is 14.0. The predicted molar refractivity (Wildman–Crippen MR) is 109 cm³/mol. The summed E-state index contributed by atoms with van der Waals surface area (Å²) in [5.74, 6) is 0.420. The fraction of sp³-hybridized carbons (Fsp3) is 0.444. The van der Waals surface area contributed by atoms with Gasteiger partial charge in [0.15, 0.2) is 5.96 Å². The van der Waals surface area contributed by atoms with Crippen molar-refractivity contribution in [3.8, 4) is 0 Å². The lowest BCUT2D eigenvalue weighted by molar-refractivity contribution is 0.380. The molecule has 0 saturated carbocycles. The molecule has 0 fully saturated rings. The van der Waals surface area contributed by atoms with Crippen LogP contribution in [0.3, 0.4) is 0 Å². The molecule has 1 aromatic carbocycles. The van der Waals surface area contributed by atoms with E-state index in [1.165, 1.54) is 0 Å². The first-order valence-electron chi connectivity index (χ1n) is 8.51. The fourth-order valence-corrected chi connectivity index (χ4v) is 2.48. The summed E-state index contributed by atoms with van der Waals surface area (Å²) in [6.07, 6.45) is 1.54. The summed E-state index contributed by atoms with van der Waals surface area (Å²) < 4.78 is 32.3. The number of nitrogens with zero attached hydrogens (tertiary/aromatic N) is 2. The molecular formula is C18H25F2IN4O. The topological polar surface area (TPSA) is 62.5 Å². The molecule has 1 heterocycles. The maximum absolute atomic E-state index is 13.7. The van der Waals surface area contributed by atoms with Gasteiger partial charge in [0.1, 0.15) is 17.4 Å². The Kier molecular flexibility index (Phi) is 9.53. The average molecular weight is 478 g/mol. The summed E-state index contributed by atoms with van der Waals surface area (Å²) in [4.78, 5) is 4.33. The Morgan fingerprint density at radius 1 is 1.15 bits per heavy atom. The van der Waals surface area contributed by atoms with Crippen molar-refractivity contribution in [1.82, 2.24) is 15.8 Å². The van der Waals surface area contributed by atoms with Crippen LogP contribution in [0.4, 0.5) is 8.78 Å². The Morgan fingerprint density at radius 3 is 2.58 bits per heavy atom. The van der Waals surface area contributed by atoms with E-state index in [2.05, 4.69) is 20.8 Å². The van der Waals surface area contributed by atoms with Crippen molar-refractivity contribution >= 4 is 29.9 Å². The van der Waals surface area contributed by atoms with E-state index >= 15 is 0 Å². The Morgan fingerprint density at radius 2 is 1.92 bits per heavy atom. The molecule has 1 aromatic heterocycles. The van der Waals surface area contributed by atoms with Gasteiger partial charge in [-0.2, -0.15) is 0 Å². The zero-order valence-electron chi connectivity index (χ0n) is 15.2. The lowest BCUT2D eigenvalue weighted by Crippen LogP contribution is -2.37. The molecule has 2 rings (SSSR count). The first kappa shape index (κ1) is 22.3. The van der Waals surface area contributed by atoms with Gasteiger partial charge in [-0.3, -0.25) is 0 Å². The minimum absolute atomic E-state index is 0. The maximum Gasteiger partial charge on any atom is 0.191 e. The normalized spacial score (nSPS) is 11.2. The predicted octanol–water partition coefficient (Wildman–Crippen LogP) is 3.95. The standard InChI is InChI=1S/C18H24F2N4O.HI/c1-4-16-14(17(5-2)25-24-16)11-23-18(21-6-3)22-10-12-9-13(19)7-8-15(12)20;/h7-9H,4-6,10-11H2,1-3H3,(H2,21,22,23);1H. The average Bonchev–Trinajstić information content (AvgIpc) is 3.02. The summed E-state index contributed by atoms with van der Waals surface area (Å²) in [5.41, 5.74) is 2.15. The molecule has 0 amide bonds. The third kappa shape index (κ3) is 5.93. The van der Waals surface area contributed by atoms with Gasteiger partial charge in [0.25, 0.3) is 0 Å². The number of halogens is 3. The molecule has 0 aliphatic carbocycles. The molecule has 0 radical (unpaired) electrons. The van der Waals surface area contributed by atoms with Crippen LogP contribution in [0.15, 0.2) is 27.7 Å². The number of guanidine groups is 1. The van der Waals surface area contributed by atoms with Gasteiger partial charge < -0.3 is 15.2 Å². The van der Waals surface area contributed by atoms with E-state index in [1.807, 2.05) is 20.8 Å². The van der Waals surface area contributed by atoms with Crippen LogP contribution >= 0.6 is 24.0 Å². The number of nitrogens with one attached hydrogen (secondary N) is 2. The van der Waals surface area contributed by atoms with Crippen molar-refractivity contribution in [3.05, 3.63) is 52.4 Å². The van der Waals surface area contributed by atoms with Crippen molar-refractivity contribution in [2.45, 2.75) is 46.7 Å². The fourth-order valence-electron chi connectivity index (χ4n) is 2.48. The van der Waals surface area contributed by atoms with Gasteiger partial charge in [-0.1, -0.05) is 19.0 Å². The van der Waals surface area contributed by atoms with E-state index < -0.39 is 11.6 Å². The monoisotopic (exact) mass is 478 g/mol. The molecule has 0 spiro atoms. The van der Waals surface area contributed by atoms with Gasteiger partial charge in [0, 0.05) is 30.6 Å². The second-order valence-corrected chi connectivity index (χ2v) is 5.52. The number of aliphatic imine (C=N–C) groups is 1. The van der Waals surface area contributed by atoms with Crippen LogP contribution in [0, 0.1) is 11.6 Å². The molecule has 0 atom stereocenters. The van der Waals surface area contributed by atoms with Crippen LogP contribution in [-0.2, 0) is 25.9 Å². The molecule has 0 unspecified atom stereocenters. The molecule has 2 N–H and O–H groups in total. The molecule has 2 aromatic rings. The Balaban J connectivity index is 0.00000338. The first-order chi connectivity index (χ1) is 12.1. The van der Waals surface area contributed by atoms with E-state index in [1.54, 1.807) is 0 Å². The zero-order valence-corrected chi connectivity index (χ0v) is 17.6. The lowest BCUT2D eigenvalue weighted by atomic mass is 10.1. The molecule has 26 heavy (non-hydrogen) atoms. The van der Waals surface area contributed by atoms with Gasteiger partial charge in [0.05, 0.1) is 12.2 Å². The lowest BCUT2D eigenvalue weighted by Gasteiger charge is -2.12. The molecule has 144 valence electrons. The van der Waals surface area contributed by atoms with Crippen LogP contribution in [0.5, 0.6) is 0 Å². The Labute approximate surface area is 169 Å². The minimum atomic E-state index is -0.478. The largest absolute Gasteiger partial charge is 0.361 e. The highest BCUT2D eigenvalue weighted by Gasteiger charge is 2.13. The van der Waals surface area contributed by atoms with E-state index in [0.29, 0.717) is 19.0 Å². The molecular weight excluding hydrogens is 453 g/mol. The van der Waals surface area contributed by atoms with Gasteiger partial charge in [0.2, 0.25) is 0 Å². The zero-order chi connectivity index (χ0) is 18.2. The number of hydrogen-bond acceptors (Lipinski definition) is 3. The van der Waals surface area contributed by atoms with Gasteiger partial charge >= 0.3 is 0 Å². The Hall–Kier alpha value is -1.71. The second kappa shape index (κ2) is 11.1. The summed E-state index contributed by atoms with van der Waals surface area (Å²) in [5, 5.41) is 10.4. The number of aryl methyl sites for hydroxylation is 2. The van der Waals surface area contributed by atoms with E-state index in [0.717, 1.165) is 48.1 Å². The smallest absolute Gasteiger partial charge is 0.191 e. The number of rotatable bonds is 7. The number of benzene rings is 1. The van der Waals surface area contributed by atoms with Crippen molar-refractivity contribution in [2.24, 2.45) is 4.99 Å². The third-order valence-electron chi connectivity index (χ3n) is 3.80. The maximum atomic E-state index is 13.7. The summed E-state index contributed by atoms with van der Waals surface area (Å²) in [6.45, 7) is 7.18. The molecule has 0 saturated heterocycles. The van der Waals surface area contributed by atoms with Gasteiger partial charge in [-0.15, -0.1) is 24.0 Å². The van der Waals surface area contributed by atoms with Gasteiger partial charge in [-0.05, 0) is 31.5 Å². The quantitative estimate of drug-likeness (QED) is 0.360. The van der Waals surface area contributed by atoms with Gasteiger partial charge in [-0.25, -0.2) is 13.8 Å². The van der Waals surface area contributed by atoms with E-state index in [9.17, 15) is 8.78 Å². The van der Waals surface area contributed by atoms with Crippen LogP contribution in [0.2, 0.25) is 0 Å². The van der Waals surface area contributed by atoms with E-state index in [4.69, 9.17) is 4.52 Å². The van der Waals surface area contributed by atoms with Crippen LogP contribution in [0.25, 0.3) is 0 Å². The SMILES string of the molecule is CCNC(=NCc1cc(F)ccc1F)NCc1c(CC)noc1CC.I. The molecule has 0 aliphatic heterocycles. The summed E-state index contributed by atoms with van der Waals surface area (Å²) >= 11 is 0. The molecule has 5 nitrogen and oxygen atoms in total. The van der Waals surface area contributed by atoms with Crippen LogP contribution < -0.4 is 10.6 Å². The summed E-state index contributed by atoms with van der Waals surface area (Å²) in [7, 11) is 0. The van der Waals surface area contributed by atoms with Crippen LogP contribution in [0.1, 0.15) is 43.4 Å².